The van der Waals surface area contributed by atoms with Gasteiger partial charge in [0.05, 0.1) is 17.3 Å². The normalized spacial score (nSPS) is 14.4. The van der Waals surface area contributed by atoms with Gasteiger partial charge in [-0.2, -0.15) is 0 Å². The number of aromatic nitrogens is 1. The van der Waals surface area contributed by atoms with Crippen molar-refractivity contribution in [1.29, 1.82) is 0 Å². The molecule has 0 saturated heterocycles. The molecular weight excluding hydrogens is 242 g/mol. The first-order valence-electron chi connectivity index (χ1n) is 6.19. The number of ether oxygens (including phenoxy) is 1. The molecule has 0 radical (unpaired) electrons. The second-order valence-corrected chi connectivity index (χ2v) is 5.42. The highest BCUT2D eigenvalue weighted by atomic mass is 32.2. The molecule has 2 aromatic rings. The Bertz CT molecular complexity index is 494. The molecule has 1 aliphatic rings. The zero-order valence-electron chi connectivity index (χ0n) is 10.1. The lowest BCUT2D eigenvalue weighted by Gasteiger charge is -2.05. The number of hydrogen-bond donors (Lipinski definition) is 0. The first kappa shape index (κ1) is 11.6. The van der Waals surface area contributed by atoms with Crippen molar-refractivity contribution in [3.63, 3.8) is 0 Å². The summed E-state index contributed by atoms with van der Waals surface area (Å²) in [5, 5.41) is 1.04. The van der Waals surface area contributed by atoms with Crippen LogP contribution >= 0.6 is 11.8 Å². The van der Waals surface area contributed by atoms with Crippen LogP contribution in [0.5, 0.6) is 5.75 Å². The molecule has 0 amide bonds. The Hall–Kier alpha value is -1.48. The summed E-state index contributed by atoms with van der Waals surface area (Å²) in [5.41, 5.74) is 1.32. The molecule has 0 atom stereocenters. The van der Waals surface area contributed by atoms with Crippen molar-refractivity contribution in [1.82, 2.24) is 4.98 Å². The Morgan fingerprint density at radius 3 is 2.61 bits per heavy atom. The van der Waals surface area contributed by atoms with Gasteiger partial charge in [0.1, 0.15) is 5.75 Å². The summed E-state index contributed by atoms with van der Waals surface area (Å²) in [5.74, 6) is 1.85. The molecule has 1 heterocycles. The van der Waals surface area contributed by atoms with Crippen molar-refractivity contribution in [2.45, 2.75) is 29.7 Å². The predicted molar refractivity (Wildman–Crippen MR) is 73.9 cm³/mol. The zero-order chi connectivity index (χ0) is 12.2. The Kier molecular flexibility index (Phi) is 3.51. The standard InChI is InChI=1S/C15H15NOS/c1-2-4-12(5-3-1)11-18-15-9-8-14(10-16-15)17-13-6-7-13/h1-5,8-10,13H,6-7,11H2. The SMILES string of the molecule is c1ccc(CSc2ccc(OC3CC3)cn2)cc1. The van der Waals surface area contributed by atoms with Gasteiger partial charge in [-0.25, -0.2) is 4.98 Å². The van der Waals surface area contributed by atoms with Crippen molar-refractivity contribution >= 4 is 11.8 Å². The van der Waals surface area contributed by atoms with E-state index in [9.17, 15) is 0 Å². The Labute approximate surface area is 111 Å². The number of hydrogen-bond acceptors (Lipinski definition) is 3. The average Bonchev–Trinajstić information content (AvgIpc) is 3.23. The van der Waals surface area contributed by atoms with Crippen LogP contribution in [-0.4, -0.2) is 11.1 Å². The lowest BCUT2D eigenvalue weighted by atomic mass is 10.2. The quantitative estimate of drug-likeness (QED) is 0.758. The molecule has 0 spiro atoms. The molecule has 92 valence electrons. The van der Waals surface area contributed by atoms with Crippen LogP contribution in [0.25, 0.3) is 0 Å². The maximum atomic E-state index is 5.67. The largest absolute Gasteiger partial charge is 0.489 e. The van der Waals surface area contributed by atoms with Gasteiger partial charge in [0, 0.05) is 5.75 Å². The molecule has 0 aliphatic heterocycles. The molecule has 0 bridgehead atoms. The van der Waals surface area contributed by atoms with Crippen LogP contribution in [0.1, 0.15) is 18.4 Å². The maximum absolute atomic E-state index is 5.67. The summed E-state index contributed by atoms with van der Waals surface area (Å²) in [6, 6.07) is 14.5. The van der Waals surface area contributed by atoms with Gasteiger partial charge in [0.25, 0.3) is 0 Å². The molecule has 0 N–H and O–H groups in total. The molecule has 3 heteroatoms. The molecule has 1 aliphatic carbocycles. The van der Waals surface area contributed by atoms with Gasteiger partial charge in [0.2, 0.25) is 0 Å². The molecule has 1 saturated carbocycles. The van der Waals surface area contributed by atoms with E-state index in [1.165, 1.54) is 18.4 Å². The fraction of sp³-hybridized carbons (Fsp3) is 0.267. The predicted octanol–water partition coefficient (Wildman–Crippen LogP) is 3.92. The van der Waals surface area contributed by atoms with E-state index in [-0.39, 0.29) is 0 Å². The van der Waals surface area contributed by atoms with E-state index in [0.717, 1.165) is 16.5 Å². The minimum atomic E-state index is 0.439. The molecule has 18 heavy (non-hydrogen) atoms. The van der Waals surface area contributed by atoms with Gasteiger partial charge < -0.3 is 4.74 Å². The molecule has 1 fully saturated rings. The van der Waals surface area contributed by atoms with Crippen molar-refractivity contribution < 1.29 is 4.74 Å². The van der Waals surface area contributed by atoms with Crippen molar-refractivity contribution in [2.24, 2.45) is 0 Å². The molecule has 1 aromatic carbocycles. The van der Waals surface area contributed by atoms with Crippen LogP contribution in [0, 0.1) is 0 Å². The zero-order valence-corrected chi connectivity index (χ0v) is 10.9. The topological polar surface area (TPSA) is 22.1 Å². The third-order valence-corrected chi connectivity index (χ3v) is 3.78. The first-order valence-corrected chi connectivity index (χ1v) is 7.18. The second kappa shape index (κ2) is 5.44. The minimum absolute atomic E-state index is 0.439. The van der Waals surface area contributed by atoms with Crippen LogP contribution in [0.3, 0.4) is 0 Å². The van der Waals surface area contributed by atoms with Crippen molar-refractivity contribution in [3.05, 3.63) is 54.2 Å². The van der Waals surface area contributed by atoms with Crippen LogP contribution in [-0.2, 0) is 5.75 Å². The highest BCUT2D eigenvalue weighted by Gasteiger charge is 2.23. The summed E-state index contributed by atoms with van der Waals surface area (Å²) in [7, 11) is 0. The van der Waals surface area contributed by atoms with E-state index in [1.807, 2.05) is 24.4 Å². The monoisotopic (exact) mass is 257 g/mol. The lowest BCUT2D eigenvalue weighted by molar-refractivity contribution is 0.301. The van der Waals surface area contributed by atoms with Crippen LogP contribution in [0.4, 0.5) is 0 Å². The molecule has 1 aromatic heterocycles. The summed E-state index contributed by atoms with van der Waals surface area (Å²) >= 11 is 1.75. The van der Waals surface area contributed by atoms with Gasteiger partial charge in [-0.1, -0.05) is 30.3 Å². The summed E-state index contributed by atoms with van der Waals surface area (Å²) < 4.78 is 5.67. The van der Waals surface area contributed by atoms with Gasteiger partial charge in [0.15, 0.2) is 0 Å². The number of benzene rings is 1. The Balaban J connectivity index is 1.56. The highest BCUT2D eigenvalue weighted by Crippen LogP contribution is 2.27. The fourth-order valence-corrected chi connectivity index (χ4v) is 2.43. The molecule has 0 unspecified atom stereocenters. The van der Waals surface area contributed by atoms with Crippen molar-refractivity contribution in [3.8, 4) is 5.75 Å². The van der Waals surface area contributed by atoms with Crippen molar-refractivity contribution in [2.75, 3.05) is 0 Å². The summed E-state index contributed by atoms with van der Waals surface area (Å²) in [6.45, 7) is 0. The molecular formula is C15H15NOS. The maximum Gasteiger partial charge on any atom is 0.138 e. The van der Waals surface area contributed by atoms with Gasteiger partial charge in [-0.15, -0.1) is 11.8 Å². The Morgan fingerprint density at radius 1 is 1.11 bits per heavy atom. The van der Waals surface area contributed by atoms with Gasteiger partial charge in [-0.05, 0) is 30.5 Å². The smallest absolute Gasteiger partial charge is 0.138 e. The second-order valence-electron chi connectivity index (χ2n) is 4.42. The van der Waals surface area contributed by atoms with E-state index in [1.54, 1.807) is 11.8 Å². The third-order valence-electron chi connectivity index (χ3n) is 2.77. The number of pyridine rings is 1. The molecule has 3 rings (SSSR count). The van der Waals surface area contributed by atoms with E-state index in [2.05, 4.69) is 29.2 Å². The van der Waals surface area contributed by atoms with Crippen LogP contribution < -0.4 is 4.74 Å². The Morgan fingerprint density at radius 2 is 1.94 bits per heavy atom. The first-order chi connectivity index (χ1) is 8.90. The van der Waals surface area contributed by atoms with E-state index < -0.39 is 0 Å². The van der Waals surface area contributed by atoms with Gasteiger partial charge >= 0.3 is 0 Å². The highest BCUT2D eigenvalue weighted by molar-refractivity contribution is 7.98. The average molecular weight is 257 g/mol. The van der Waals surface area contributed by atoms with E-state index >= 15 is 0 Å². The van der Waals surface area contributed by atoms with Crippen LogP contribution in [0.15, 0.2) is 53.7 Å². The summed E-state index contributed by atoms with van der Waals surface area (Å²) in [6.07, 6.45) is 4.63. The van der Waals surface area contributed by atoms with E-state index in [4.69, 9.17) is 4.74 Å². The number of rotatable bonds is 5. The lowest BCUT2D eigenvalue weighted by Crippen LogP contribution is -1.96. The van der Waals surface area contributed by atoms with E-state index in [0.29, 0.717) is 6.10 Å². The van der Waals surface area contributed by atoms with Crippen LogP contribution in [0.2, 0.25) is 0 Å². The fourth-order valence-electron chi connectivity index (χ4n) is 1.63. The number of thioether (sulfide) groups is 1. The third kappa shape index (κ3) is 3.26. The molecule has 2 nitrogen and oxygen atoms in total. The van der Waals surface area contributed by atoms with Gasteiger partial charge in [-0.3, -0.25) is 0 Å². The number of nitrogens with zero attached hydrogens (tertiary/aromatic N) is 1. The minimum Gasteiger partial charge on any atom is -0.489 e. The summed E-state index contributed by atoms with van der Waals surface area (Å²) in [4.78, 5) is 4.41.